The zero-order valence-electron chi connectivity index (χ0n) is 8.64. The van der Waals surface area contributed by atoms with Crippen molar-refractivity contribution in [2.24, 2.45) is 0 Å². The first-order chi connectivity index (χ1) is 7.15. The van der Waals surface area contributed by atoms with Crippen molar-refractivity contribution in [2.45, 2.75) is 13.0 Å². The molecule has 1 unspecified atom stereocenters. The maximum atomic E-state index is 11.5. The Morgan fingerprint density at radius 2 is 2.27 bits per heavy atom. The minimum atomic E-state index is -0.648. The molecule has 0 saturated heterocycles. The number of benzene rings is 1. The number of hydrogen-bond donors (Lipinski definition) is 1. The van der Waals surface area contributed by atoms with Crippen LogP contribution in [0.25, 0.3) is 6.08 Å². The fourth-order valence-corrected chi connectivity index (χ4v) is 1.13. The molecule has 3 nitrogen and oxygen atoms in total. The van der Waals surface area contributed by atoms with Crippen LogP contribution >= 0.6 is 0 Å². The van der Waals surface area contributed by atoms with Crippen LogP contribution in [0.15, 0.2) is 30.8 Å². The number of aliphatic hydroxyl groups is 1. The summed E-state index contributed by atoms with van der Waals surface area (Å²) in [6.07, 6.45) is 0.948. The molecule has 0 aliphatic heterocycles. The lowest BCUT2D eigenvalue weighted by molar-refractivity contribution is 0.0296. The number of carbonyl (C=O) groups excluding carboxylic acids is 1. The Hall–Kier alpha value is -1.61. The van der Waals surface area contributed by atoms with Gasteiger partial charge in [0.2, 0.25) is 0 Å². The highest BCUT2D eigenvalue weighted by atomic mass is 16.5. The van der Waals surface area contributed by atoms with Crippen LogP contribution in [0.3, 0.4) is 0 Å². The summed E-state index contributed by atoms with van der Waals surface area (Å²) in [5.41, 5.74) is 1.20. The van der Waals surface area contributed by atoms with Gasteiger partial charge in [-0.05, 0) is 18.6 Å². The van der Waals surface area contributed by atoms with Crippen LogP contribution in [0.1, 0.15) is 22.8 Å². The van der Waals surface area contributed by atoms with E-state index < -0.39 is 12.1 Å². The molecule has 0 radical (unpaired) electrons. The van der Waals surface area contributed by atoms with Crippen molar-refractivity contribution in [1.82, 2.24) is 0 Å². The van der Waals surface area contributed by atoms with E-state index in [1.165, 1.54) is 0 Å². The predicted molar refractivity (Wildman–Crippen MR) is 58.5 cm³/mol. The van der Waals surface area contributed by atoms with Crippen LogP contribution in [0, 0.1) is 0 Å². The Morgan fingerprint density at radius 3 is 2.87 bits per heavy atom. The Labute approximate surface area is 89.0 Å². The third-order valence-electron chi connectivity index (χ3n) is 1.86. The molecule has 15 heavy (non-hydrogen) atoms. The highest BCUT2D eigenvalue weighted by Gasteiger charge is 2.10. The largest absolute Gasteiger partial charge is 0.459 e. The smallest absolute Gasteiger partial charge is 0.338 e. The summed E-state index contributed by atoms with van der Waals surface area (Å²) in [6.45, 7) is 5.18. The molecule has 0 heterocycles. The molecule has 0 spiro atoms. The highest BCUT2D eigenvalue weighted by molar-refractivity contribution is 5.93. The third-order valence-corrected chi connectivity index (χ3v) is 1.86. The van der Waals surface area contributed by atoms with Gasteiger partial charge < -0.3 is 9.84 Å². The van der Waals surface area contributed by atoms with Gasteiger partial charge in [-0.2, -0.15) is 0 Å². The summed E-state index contributed by atoms with van der Waals surface area (Å²) in [5.74, 6) is -0.439. The van der Waals surface area contributed by atoms with Gasteiger partial charge in [-0.15, -0.1) is 0 Å². The first kappa shape index (κ1) is 11.5. The van der Waals surface area contributed by atoms with Gasteiger partial charge in [0.15, 0.2) is 0 Å². The number of rotatable bonds is 4. The summed E-state index contributed by atoms with van der Waals surface area (Å²) in [5, 5.41) is 8.98. The van der Waals surface area contributed by atoms with E-state index in [1.807, 2.05) is 6.07 Å². The van der Waals surface area contributed by atoms with E-state index in [0.717, 1.165) is 5.56 Å². The summed E-state index contributed by atoms with van der Waals surface area (Å²) < 4.78 is 4.90. The Morgan fingerprint density at radius 1 is 1.60 bits per heavy atom. The standard InChI is InChI=1S/C12H14O3/c1-3-10-6-4-5-7-11(10)12(14)15-8-9(2)13/h3-7,9,13H,1,8H2,2H3. The van der Waals surface area contributed by atoms with Crippen LogP contribution in [0.4, 0.5) is 0 Å². The van der Waals surface area contributed by atoms with E-state index in [1.54, 1.807) is 31.2 Å². The van der Waals surface area contributed by atoms with Gasteiger partial charge in [-0.25, -0.2) is 4.79 Å². The molecule has 0 aliphatic carbocycles. The normalized spacial score (nSPS) is 11.9. The van der Waals surface area contributed by atoms with Crippen molar-refractivity contribution < 1.29 is 14.6 Å². The molecule has 1 rings (SSSR count). The minimum Gasteiger partial charge on any atom is -0.459 e. The monoisotopic (exact) mass is 206 g/mol. The molecule has 0 saturated carbocycles. The highest BCUT2D eigenvalue weighted by Crippen LogP contribution is 2.11. The Kier molecular flexibility index (Phi) is 4.06. The maximum Gasteiger partial charge on any atom is 0.338 e. The fourth-order valence-electron chi connectivity index (χ4n) is 1.13. The van der Waals surface area contributed by atoms with E-state index >= 15 is 0 Å². The number of carbonyl (C=O) groups is 1. The SMILES string of the molecule is C=Cc1ccccc1C(=O)OCC(C)O. The molecular formula is C12H14O3. The molecule has 0 amide bonds. The van der Waals surface area contributed by atoms with Crippen LogP contribution in [0.5, 0.6) is 0 Å². The van der Waals surface area contributed by atoms with Crippen molar-refractivity contribution in [2.75, 3.05) is 6.61 Å². The van der Waals surface area contributed by atoms with Crippen LogP contribution in [0.2, 0.25) is 0 Å². The van der Waals surface area contributed by atoms with Crippen LogP contribution in [-0.4, -0.2) is 23.8 Å². The number of ether oxygens (including phenoxy) is 1. The van der Waals surface area contributed by atoms with Gasteiger partial charge in [-0.3, -0.25) is 0 Å². The quantitative estimate of drug-likeness (QED) is 0.765. The van der Waals surface area contributed by atoms with Gasteiger partial charge in [0.1, 0.15) is 6.61 Å². The van der Waals surface area contributed by atoms with Gasteiger partial charge in [0.05, 0.1) is 11.7 Å². The molecule has 0 fully saturated rings. The average molecular weight is 206 g/mol. The molecule has 1 N–H and O–H groups in total. The van der Waals surface area contributed by atoms with E-state index in [2.05, 4.69) is 6.58 Å². The lowest BCUT2D eigenvalue weighted by atomic mass is 10.1. The summed E-state index contributed by atoms with van der Waals surface area (Å²) in [4.78, 5) is 11.5. The van der Waals surface area contributed by atoms with Gasteiger partial charge in [0.25, 0.3) is 0 Å². The Balaban J connectivity index is 2.77. The van der Waals surface area contributed by atoms with Crippen molar-refractivity contribution >= 4 is 12.0 Å². The first-order valence-electron chi connectivity index (χ1n) is 4.71. The molecule has 0 aliphatic rings. The Bertz CT molecular complexity index is 356. The summed E-state index contributed by atoms with van der Waals surface area (Å²) >= 11 is 0. The van der Waals surface area contributed by atoms with Crippen molar-refractivity contribution in [3.8, 4) is 0 Å². The van der Waals surface area contributed by atoms with Crippen molar-refractivity contribution in [3.05, 3.63) is 42.0 Å². The third kappa shape index (κ3) is 3.22. The molecule has 1 aromatic carbocycles. The number of esters is 1. The van der Waals surface area contributed by atoms with Crippen LogP contribution in [-0.2, 0) is 4.74 Å². The molecule has 80 valence electrons. The fraction of sp³-hybridized carbons (Fsp3) is 0.250. The lowest BCUT2D eigenvalue weighted by Crippen LogP contribution is -2.15. The molecule has 0 aromatic heterocycles. The number of hydrogen-bond acceptors (Lipinski definition) is 3. The zero-order chi connectivity index (χ0) is 11.3. The molecule has 0 bridgehead atoms. The van der Waals surface area contributed by atoms with Crippen molar-refractivity contribution in [3.63, 3.8) is 0 Å². The second kappa shape index (κ2) is 5.32. The molecule has 3 heteroatoms. The number of aliphatic hydroxyl groups excluding tert-OH is 1. The van der Waals surface area contributed by atoms with Gasteiger partial charge in [-0.1, -0.05) is 30.9 Å². The van der Waals surface area contributed by atoms with Crippen LogP contribution < -0.4 is 0 Å². The van der Waals surface area contributed by atoms with Gasteiger partial charge in [0, 0.05) is 0 Å². The maximum absolute atomic E-state index is 11.5. The predicted octanol–water partition coefficient (Wildman–Crippen LogP) is 1.87. The first-order valence-corrected chi connectivity index (χ1v) is 4.71. The second-order valence-corrected chi connectivity index (χ2v) is 3.24. The van der Waals surface area contributed by atoms with E-state index in [4.69, 9.17) is 9.84 Å². The van der Waals surface area contributed by atoms with E-state index in [9.17, 15) is 4.79 Å². The summed E-state index contributed by atoms with van der Waals surface area (Å²) in [7, 11) is 0. The second-order valence-electron chi connectivity index (χ2n) is 3.24. The van der Waals surface area contributed by atoms with E-state index in [0.29, 0.717) is 5.56 Å². The van der Waals surface area contributed by atoms with Crippen molar-refractivity contribution in [1.29, 1.82) is 0 Å². The lowest BCUT2D eigenvalue weighted by Gasteiger charge is -2.08. The van der Waals surface area contributed by atoms with E-state index in [-0.39, 0.29) is 6.61 Å². The molecular weight excluding hydrogens is 192 g/mol. The van der Waals surface area contributed by atoms with Gasteiger partial charge >= 0.3 is 5.97 Å². The topological polar surface area (TPSA) is 46.5 Å². The minimum absolute atomic E-state index is 0.00428. The zero-order valence-corrected chi connectivity index (χ0v) is 8.64. The average Bonchev–Trinajstić information content (AvgIpc) is 2.25. The molecule has 1 aromatic rings. The summed E-state index contributed by atoms with van der Waals surface area (Å²) in [6, 6.07) is 7.03. The molecule has 1 atom stereocenters.